The minimum atomic E-state index is -3.42. The minimum Gasteiger partial charge on any atom is -0.248 e. The van der Waals surface area contributed by atoms with Crippen molar-refractivity contribution < 1.29 is 8.42 Å². The Labute approximate surface area is 154 Å². The van der Waals surface area contributed by atoms with Gasteiger partial charge in [-0.25, -0.2) is 23.4 Å². The number of aryl methyl sites for hydroxylation is 1. The van der Waals surface area contributed by atoms with Gasteiger partial charge in [-0.3, -0.25) is 0 Å². The van der Waals surface area contributed by atoms with Crippen LogP contribution in [0.5, 0.6) is 0 Å². The molecule has 0 atom stereocenters. The Morgan fingerprint density at radius 3 is 2.68 bits per heavy atom. The fraction of sp³-hybridized carbons (Fsp3) is 0.312. The van der Waals surface area contributed by atoms with Gasteiger partial charge in [0, 0.05) is 29.5 Å². The van der Waals surface area contributed by atoms with Crippen LogP contribution in [0.4, 0.5) is 0 Å². The summed E-state index contributed by atoms with van der Waals surface area (Å²) in [6.45, 7) is 3.22. The van der Waals surface area contributed by atoms with Crippen molar-refractivity contribution in [2.75, 3.05) is 13.1 Å². The van der Waals surface area contributed by atoms with Gasteiger partial charge in [-0.15, -0.1) is 11.3 Å². The maximum Gasteiger partial charge on any atom is 0.244 e. The van der Waals surface area contributed by atoms with Crippen LogP contribution in [0.1, 0.15) is 17.7 Å². The number of pyridine rings is 1. The van der Waals surface area contributed by atoms with E-state index in [2.05, 4.69) is 21.0 Å². The summed E-state index contributed by atoms with van der Waals surface area (Å²) in [5.74, 6) is 0. The number of rotatable bonds is 4. The first-order chi connectivity index (χ1) is 12.0. The Morgan fingerprint density at radius 1 is 1.16 bits per heavy atom. The molecule has 1 saturated heterocycles. The highest BCUT2D eigenvalue weighted by atomic mass is 32.2. The Hall–Kier alpha value is -1.55. The topological polar surface area (TPSA) is 76.1 Å². The summed E-state index contributed by atoms with van der Waals surface area (Å²) in [5, 5.41) is 2.55. The maximum absolute atomic E-state index is 12.5. The Morgan fingerprint density at radius 2 is 1.96 bits per heavy atom. The van der Waals surface area contributed by atoms with Crippen LogP contribution in [0, 0.1) is 6.92 Å². The van der Waals surface area contributed by atoms with Gasteiger partial charge in [0.15, 0.2) is 0 Å². The van der Waals surface area contributed by atoms with Crippen LogP contribution in [-0.2, 0) is 10.0 Å². The van der Waals surface area contributed by atoms with E-state index >= 15 is 0 Å². The molecule has 0 spiro atoms. The van der Waals surface area contributed by atoms with Crippen LogP contribution in [0.3, 0.4) is 0 Å². The van der Waals surface area contributed by atoms with Crippen LogP contribution in [-0.4, -0.2) is 40.8 Å². The van der Waals surface area contributed by atoms with Crippen molar-refractivity contribution in [3.05, 3.63) is 35.6 Å². The smallest absolute Gasteiger partial charge is 0.244 e. The summed E-state index contributed by atoms with van der Waals surface area (Å²) in [6, 6.07) is 5.43. The van der Waals surface area contributed by atoms with Crippen LogP contribution >= 0.6 is 23.1 Å². The van der Waals surface area contributed by atoms with Gasteiger partial charge in [0.2, 0.25) is 10.0 Å². The molecule has 0 N–H and O–H groups in total. The molecule has 25 heavy (non-hydrogen) atoms. The highest BCUT2D eigenvalue weighted by Gasteiger charge is 2.27. The first-order valence-corrected chi connectivity index (χ1v) is 11.0. The quantitative estimate of drug-likeness (QED) is 0.634. The van der Waals surface area contributed by atoms with Crippen molar-refractivity contribution in [3.63, 3.8) is 0 Å². The van der Waals surface area contributed by atoms with Gasteiger partial charge in [0.1, 0.15) is 26.1 Å². The summed E-state index contributed by atoms with van der Waals surface area (Å²) in [5.41, 5.74) is 0. The molecule has 6 nitrogen and oxygen atoms in total. The highest BCUT2D eigenvalue weighted by molar-refractivity contribution is 7.99. The normalized spacial score (nSPS) is 15.9. The van der Waals surface area contributed by atoms with Crippen LogP contribution in [0.15, 0.2) is 45.7 Å². The van der Waals surface area contributed by atoms with E-state index in [1.54, 1.807) is 29.8 Å². The largest absolute Gasteiger partial charge is 0.248 e. The molecule has 3 aromatic rings. The average Bonchev–Trinajstić information content (AvgIpc) is 3.25. The number of sulfonamides is 1. The second-order valence-electron chi connectivity index (χ2n) is 5.80. The Kier molecular flexibility index (Phi) is 4.48. The molecule has 0 bridgehead atoms. The Bertz CT molecular complexity index is 1010. The molecule has 3 aromatic heterocycles. The van der Waals surface area contributed by atoms with Gasteiger partial charge in [-0.2, -0.15) is 4.31 Å². The molecule has 0 aliphatic carbocycles. The molecule has 4 heterocycles. The van der Waals surface area contributed by atoms with E-state index in [4.69, 9.17) is 0 Å². The third-order valence-corrected chi connectivity index (χ3v) is 7.84. The monoisotopic (exact) mass is 392 g/mol. The van der Waals surface area contributed by atoms with Crippen molar-refractivity contribution >= 4 is 43.3 Å². The van der Waals surface area contributed by atoms with Crippen molar-refractivity contribution in [3.8, 4) is 0 Å². The van der Waals surface area contributed by atoms with Gasteiger partial charge in [0.05, 0.1) is 0 Å². The molecule has 1 aliphatic heterocycles. The third kappa shape index (κ3) is 3.29. The van der Waals surface area contributed by atoms with Crippen molar-refractivity contribution in [2.24, 2.45) is 0 Å². The zero-order valence-corrected chi connectivity index (χ0v) is 16.0. The van der Waals surface area contributed by atoms with Crippen molar-refractivity contribution in [2.45, 2.75) is 34.7 Å². The molecular formula is C16H16N4O2S3. The summed E-state index contributed by atoms with van der Waals surface area (Å²) < 4.78 is 26.6. The van der Waals surface area contributed by atoms with E-state index in [9.17, 15) is 8.42 Å². The lowest BCUT2D eigenvalue weighted by Gasteiger charge is -2.15. The molecular weight excluding hydrogens is 376 g/mol. The van der Waals surface area contributed by atoms with E-state index in [0.29, 0.717) is 18.1 Å². The van der Waals surface area contributed by atoms with Crippen LogP contribution in [0.25, 0.3) is 10.2 Å². The maximum atomic E-state index is 12.5. The molecule has 0 aromatic carbocycles. The number of nitrogens with zero attached hydrogens (tertiary/aromatic N) is 4. The van der Waals surface area contributed by atoms with E-state index in [1.807, 2.05) is 6.92 Å². The second-order valence-corrected chi connectivity index (χ2v) is 9.98. The summed E-state index contributed by atoms with van der Waals surface area (Å²) >= 11 is 3.05. The summed E-state index contributed by atoms with van der Waals surface area (Å²) in [7, 11) is -3.42. The second kappa shape index (κ2) is 6.64. The zero-order valence-electron chi connectivity index (χ0n) is 13.5. The molecule has 130 valence electrons. The summed E-state index contributed by atoms with van der Waals surface area (Å²) in [6.07, 6.45) is 4.83. The minimum absolute atomic E-state index is 0.248. The molecule has 0 saturated carbocycles. The van der Waals surface area contributed by atoms with Crippen LogP contribution < -0.4 is 0 Å². The van der Waals surface area contributed by atoms with E-state index in [0.717, 1.165) is 28.1 Å². The molecule has 4 rings (SSSR count). The average molecular weight is 393 g/mol. The first-order valence-electron chi connectivity index (χ1n) is 7.89. The molecule has 1 aliphatic rings. The number of hydrogen-bond donors (Lipinski definition) is 0. The molecule has 0 unspecified atom stereocenters. The van der Waals surface area contributed by atoms with Gasteiger partial charge in [0.25, 0.3) is 0 Å². The number of hydrogen-bond acceptors (Lipinski definition) is 7. The zero-order chi connectivity index (χ0) is 17.4. The predicted molar refractivity (Wildman–Crippen MR) is 98.5 cm³/mol. The lowest BCUT2D eigenvalue weighted by atomic mass is 10.4. The lowest BCUT2D eigenvalue weighted by Crippen LogP contribution is -2.27. The van der Waals surface area contributed by atoms with Gasteiger partial charge < -0.3 is 0 Å². The molecule has 1 fully saturated rings. The SMILES string of the molecule is Cc1cc2c(Sc3ccc(S(=O)(=O)N4CCCC4)cn3)ncnc2s1. The fourth-order valence-electron chi connectivity index (χ4n) is 2.79. The van der Waals surface area contributed by atoms with E-state index in [1.165, 1.54) is 27.1 Å². The van der Waals surface area contributed by atoms with Crippen LogP contribution in [0.2, 0.25) is 0 Å². The molecule has 0 amide bonds. The fourth-order valence-corrected chi connectivity index (χ4v) is 5.97. The van der Waals surface area contributed by atoms with E-state index in [-0.39, 0.29) is 4.90 Å². The molecule has 9 heteroatoms. The van der Waals surface area contributed by atoms with Gasteiger partial charge in [-0.1, -0.05) is 0 Å². The third-order valence-electron chi connectivity index (χ3n) is 4.03. The van der Waals surface area contributed by atoms with Gasteiger partial charge >= 0.3 is 0 Å². The molecule has 0 radical (unpaired) electrons. The standard InChI is InChI=1S/C16H16N4O2S3/c1-11-8-13-15(23-11)18-10-19-16(13)24-14-5-4-12(9-17-14)25(21,22)20-6-2-3-7-20/h4-5,8-10H,2-3,6-7H2,1H3. The number of aromatic nitrogens is 3. The van der Waals surface area contributed by atoms with Crippen molar-refractivity contribution in [1.29, 1.82) is 0 Å². The number of thiophene rings is 1. The highest BCUT2D eigenvalue weighted by Crippen LogP contribution is 2.34. The summed E-state index contributed by atoms with van der Waals surface area (Å²) in [4.78, 5) is 15.3. The van der Waals surface area contributed by atoms with Gasteiger partial charge in [-0.05, 0) is 49.7 Å². The predicted octanol–water partition coefficient (Wildman–Crippen LogP) is 3.33. The number of fused-ring (bicyclic) bond motifs is 1. The lowest BCUT2D eigenvalue weighted by molar-refractivity contribution is 0.477. The van der Waals surface area contributed by atoms with Crippen molar-refractivity contribution in [1.82, 2.24) is 19.3 Å². The van der Waals surface area contributed by atoms with E-state index < -0.39 is 10.0 Å². The first kappa shape index (κ1) is 16.9. The Balaban J connectivity index is 1.60.